The summed E-state index contributed by atoms with van der Waals surface area (Å²) in [6, 6.07) is 0. The maximum atomic E-state index is 15.2. The summed E-state index contributed by atoms with van der Waals surface area (Å²) in [7, 11) is 0. The summed E-state index contributed by atoms with van der Waals surface area (Å²) in [6.45, 7) is 5.86. The van der Waals surface area contributed by atoms with Gasteiger partial charge in [-0.3, -0.25) is 25.2 Å². The van der Waals surface area contributed by atoms with Crippen molar-refractivity contribution in [3.63, 3.8) is 0 Å². The lowest BCUT2D eigenvalue weighted by atomic mass is 9.81. The lowest BCUT2D eigenvalue weighted by Crippen LogP contribution is -2.70. The number of β-amino-alcohol motifs (C(OH)–C–C–N with tert-alkyl or cyclic N) is 1. The molecule has 5 aliphatic rings. The maximum absolute atomic E-state index is 15.2. The van der Waals surface area contributed by atoms with Gasteiger partial charge in [-0.1, -0.05) is 0 Å². The number of nitrogens with one attached hydrogen (secondary N) is 2. The Morgan fingerprint density at radius 1 is 1.05 bits per heavy atom. The molecule has 6 N–H and O–H groups in total. The molecule has 13 heteroatoms. The summed E-state index contributed by atoms with van der Waals surface area (Å²) in [5, 5.41) is 46.2. The van der Waals surface area contributed by atoms with Gasteiger partial charge in [0.15, 0.2) is 0 Å². The van der Waals surface area contributed by atoms with Crippen molar-refractivity contribution in [1.82, 2.24) is 25.3 Å². The molecule has 11 nitrogen and oxygen atoms in total. The van der Waals surface area contributed by atoms with Crippen LogP contribution in [0.3, 0.4) is 0 Å². The van der Waals surface area contributed by atoms with Crippen molar-refractivity contribution >= 4 is 17.5 Å². The van der Waals surface area contributed by atoms with Gasteiger partial charge in [0.25, 0.3) is 0 Å². The highest BCUT2D eigenvalue weighted by Crippen LogP contribution is 2.39. The predicted molar refractivity (Wildman–Crippen MR) is 165 cm³/mol. The highest BCUT2D eigenvalue weighted by Gasteiger charge is 2.52. The molecule has 3 unspecified atom stereocenters. The van der Waals surface area contributed by atoms with E-state index in [0.29, 0.717) is 38.5 Å². The fourth-order valence-electron chi connectivity index (χ4n) is 8.06. The van der Waals surface area contributed by atoms with E-state index in [1.165, 1.54) is 12.8 Å². The molecule has 0 bridgehead atoms. The van der Waals surface area contributed by atoms with Crippen molar-refractivity contribution in [1.29, 1.82) is 0 Å². The second kappa shape index (κ2) is 16.0. The third-order valence-corrected chi connectivity index (χ3v) is 11.2. The SMILES string of the molecule is O=C(CC1CCC(OCCCC2CCN(C3NCC(Cl)CN3)CC2)CC1F)N1CC2(CCCN2C[C@H](O)[C@H](O)[C@H](O)CO)C1. The number of aliphatic hydroxyl groups is 4. The number of carbonyl (C=O) groups is 1. The van der Waals surface area contributed by atoms with Crippen LogP contribution < -0.4 is 10.6 Å². The molecular formula is C31H55ClFN5O6. The van der Waals surface area contributed by atoms with Gasteiger partial charge in [0.2, 0.25) is 5.91 Å². The molecular weight excluding hydrogens is 593 g/mol. The van der Waals surface area contributed by atoms with E-state index in [4.69, 9.17) is 21.4 Å². The number of ether oxygens (including phenoxy) is 1. The minimum Gasteiger partial charge on any atom is -0.394 e. The molecule has 4 aliphatic heterocycles. The zero-order chi connectivity index (χ0) is 31.3. The molecule has 254 valence electrons. The minimum absolute atomic E-state index is 0.0184. The zero-order valence-electron chi connectivity index (χ0n) is 26.0. The van der Waals surface area contributed by atoms with E-state index in [0.717, 1.165) is 64.8 Å². The Balaban J connectivity index is 0.941. The topological polar surface area (TPSA) is 141 Å². The third-order valence-electron chi connectivity index (χ3n) is 10.9. The molecule has 5 rings (SSSR count). The summed E-state index contributed by atoms with van der Waals surface area (Å²) in [6.07, 6.45) is 3.46. The molecule has 0 aromatic heterocycles. The molecule has 4 saturated heterocycles. The lowest BCUT2D eigenvalue weighted by molar-refractivity contribution is -0.149. The molecule has 1 aliphatic carbocycles. The first kappa shape index (κ1) is 34.7. The average molecular weight is 648 g/mol. The Labute approximate surface area is 266 Å². The molecule has 1 saturated carbocycles. The van der Waals surface area contributed by atoms with Gasteiger partial charge in [0, 0.05) is 65.3 Å². The van der Waals surface area contributed by atoms with Crippen LogP contribution in [-0.4, -0.2) is 154 Å². The summed E-state index contributed by atoms with van der Waals surface area (Å²) in [5.74, 6) is 0.418. The number of rotatable bonds is 13. The Bertz CT molecular complexity index is 905. The van der Waals surface area contributed by atoms with E-state index >= 15 is 4.39 Å². The number of nitrogens with zero attached hydrogens (tertiary/aromatic N) is 3. The van der Waals surface area contributed by atoms with Gasteiger partial charge in [-0.05, 0) is 69.7 Å². The van der Waals surface area contributed by atoms with E-state index in [-0.39, 0.29) is 48.1 Å². The number of piperidine rings is 1. The summed E-state index contributed by atoms with van der Waals surface area (Å²) >= 11 is 6.16. The Kier molecular flexibility index (Phi) is 12.6. The Morgan fingerprint density at radius 2 is 1.77 bits per heavy atom. The van der Waals surface area contributed by atoms with Crippen molar-refractivity contribution in [2.45, 2.75) is 112 Å². The van der Waals surface area contributed by atoms with Gasteiger partial charge < -0.3 is 30.1 Å². The average Bonchev–Trinajstić information content (AvgIpc) is 3.43. The van der Waals surface area contributed by atoms with Gasteiger partial charge >= 0.3 is 0 Å². The smallest absolute Gasteiger partial charge is 0.223 e. The summed E-state index contributed by atoms with van der Waals surface area (Å²) in [5.41, 5.74) is -0.240. The molecule has 0 aromatic carbocycles. The molecule has 1 spiro atoms. The predicted octanol–water partition coefficient (Wildman–Crippen LogP) is 0.228. The number of alkyl halides is 2. The van der Waals surface area contributed by atoms with E-state index in [2.05, 4.69) is 20.4 Å². The first-order valence-electron chi connectivity index (χ1n) is 17.0. The number of carbonyl (C=O) groups excluding carboxylic acids is 1. The fraction of sp³-hybridized carbons (Fsp3) is 0.968. The largest absolute Gasteiger partial charge is 0.394 e. The van der Waals surface area contributed by atoms with Gasteiger partial charge in [0.05, 0.1) is 29.7 Å². The molecule has 1 amide bonds. The van der Waals surface area contributed by atoms with Crippen molar-refractivity contribution in [2.24, 2.45) is 11.8 Å². The highest BCUT2D eigenvalue weighted by molar-refractivity contribution is 6.21. The van der Waals surface area contributed by atoms with Crippen LogP contribution in [-0.2, 0) is 9.53 Å². The van der Waals surface area contributed by atoms with Gasteiger partial charge in [-0.25, -0.2) is 4.39 Å². The van der Waals surface area contributed by atoms with Crippen LogP contribution in [0.4, 0.5) is 4.39 Å². The second-order valence-corrected chi connectivity index (χ2v) is 14.7. The van der Waals surface area contributed by atoms with Gasteiger partial charge in [0.1, 0.15) is 24.7 Å². The van der Waals surface area contributed by atoms with Crippen molar-refractivity contribution < 1.29 is 34.3 Å². The summed E-state index contributed by atoms with van der Waals surface area (Å²) < 4.78 is 21.3. The Hall–Kier alpha value is -0.670. The molecule has 0 radical (unpaired) electrons. The van der Waals surface area contributed by atoms with Gasteiger partial charge in [-0.2, -0.15) is 0 Å². The van der Waals surface area contributed by atoms with E-state index in [9.17, 15) is 20.1 Å². The molecule has 5 fully saturated rings. The molecule has 4 heterocycles. The maximum Gasteiger partial charge on any atom is 0.223 e. The first-order valence-corrected chi connectivity index (χ1v) is 17.4. The van der Waals surface area contributed by atoms with E-state index < -0.39 is 31.1 Å². The highest BCUT2D eigenvalue weighted by atomic mass is 35.5. The van der Waals surface area contributed by atoms with Crippen LogP contribution in [0.1, 0.15) is 64.2 Å². The normalized spacial score (nSPS) is 34.1. The first-order chi connectivity index (χ1) is 21.2. The van der Waals surface area contributed by atoms with Gasteiger partial charge in [-0.15, -0.1) is 11.6 Å². The van der Waals surface area contributed by atoms with Crippen LogP contribution in [0.15, 0.2) is 0 Å². The molecule has 44 heavy (non-hydrogen) atoms. The van der Waals surface area contributed by atoms with Crippen LogP contribution in [0.5, 0.6) is 0 Å². The number of hydrogen-bond acceptors (Lipinski definition) is 10. The van der Waals surface area contributed by atoms with Crippen LogP contribution >= 0.6 is 11.6 Å². The van der Waals surface area contributed by atoms with E-state index in [1.54, 1.807) is 4.90 Å². The minimum atomic E-state index is -1.43. The van der Waals surface area contributed by atoms with E-state index in [1.807, 2.05) is 0 Å². The second-order valence-electron chi connectivity index (χ2n) is 14.1. The van der Waals surface area contributed by atoms with Crippen molar-refractivity contribution in [3.05, 3.63) is 0 Å². The van der Waals surface area contributed by atoms with Crippen LogP contribution in [0.2, 0.25) is 0 Å². The monoisotopic (exact) mass is 647 g/mol. The van der Waals surface area contributed by atoms with Crippen molar-refractivity contribution in [3.8, 4) is 0 Å². The van der Waals surface area contributed by atoms with Crippen molar-refractivity contribution in [2.75, 3.05) is 65.6 Å². The number of hydrogen-bond donors (Lipinski definition) is 6. The number of halogens is 2. The zero-order valence-corrected chi connectivity index (χ0v) is 26.8. The fourth-order valence-corrected chi connectivity index (χ4v) is 8.23. The molecule has 6 atom stereocenters. The lowest BCUT2D eigenvalue weighted by Gasteiger charge is -2.53. The van der Waals surface area contributed by atoms with Crippen LogP contribution in [0, 0.1) is 11.8 Å². The van der Waals surface area contributed by atoms with Crippen LogP contribution in [0.25, 0.3) is 0 Å². The number of amides is 1. The molecule has 0 aromatic rings. The summed E-state index contributed by atoms with van der Waals surface area (Å²) in [4.78, 5) is 19.4. The third kappa shape index (κ3) is 8.62. The quantitative estimate of drug-likeness (QED) is 0.122. The number of aliphatic hydroxyl groups excluding tert-OH is 4. The number of likely N-dealkylation sites (tertiary alicyclic amines) is 3. The Morgan fingerprint density at radius 3 is 2.45 bits per heavy atom. The standard InChI is InChI=1S/C31H55ClFN5O6/c32-23-15-34-30(35-16-23)36-10-6-21(7-11-36)3-1-12-44-24-5-4-22(25(33)14-24)13-28(42)37-19-31(20-37)8-2-9-38(31)17-26(40)29(43)27(41)18-39/h21-27,29-30,34-35,39-41,43H,1-20H2/t22?,23?,24?,25?,26-,27+,29-,30?/m0/s1.